The van der Waals surface area contributed by atoms with Crippen LogP contribution >= 0.6 is 0 Å². The van der Waals surface area contributed by atoms with Gasteiger partial charge in [-0.25, -0.2) is 0 Å². The largest absolute Gasteiger partial charge is 0.369 e. The third-order valence-electron chi connectivity index (χ3n) is 6.45. The molecule has 3 nitrogen and oxygen atoms in total. The van der Waals surface area contributed by atoms with Gasteiger partial charge in [-0.05, 0) is 55.8 Å². The van der Waals surface area contributed by atoms with Gasteiger partial charge in [-0.15, -0.1) is 6.58 Å². The maximum Gasteiger partial charge on any atom is 0.156 e. The zero-order chi connectivity index (χ0) is 25.3. The van der Waals surface area contributed by atoms with Crippen molar-refractivity contribution in [2.24, 2.45) is 22.7 Å². The number of ketones is 1. The smallest absolute Gasteiger partial charge is 0.156 e. The molecule has 0 amide bonds. The van der Waals surface area contributed by atoms with Crippen LogP contribution in [0, 0.1) is 22.7 Å². The number of rotatable bonds is 15. The lowest BCUT2D eigenvalue weighted by Crippen LogP contribution is -2.51. The molecule has 2 N–H and O–H groups in total. The van der Waals surface area contributed by atoms with Crippen molar-refractivity contribution < 1.29 is 4.79 Å². The van der Waals surface area contributed by atoms with Crippen molar-refractivity contribution in [3.05, 3.63) is 36.7 Å². The van der Waals surface area contributed by atoms with Crippen LogP contribution < -0.4 is 10.6 Å². The molecule has 0 aliphatic heterocycles. The van der Waals surface area contributed by atoms with Crippen molar-refractivity contribution in [3.8, 4) is 0 Å². The molecule has 4 atom stereocenters. The Hall–Kier alpha value is -1.51. The highest BCUT2D eigenvalue weighted by atomic mass is 16.1. The van der Waals surface area contributed by atoms with Crippen LogP contribution in [-0.4, -0.2) is 17.9 Å². The van der Waals surface area contributed by atoms with Crippen LogP contribution in [0.1, 0.15) is 108 Å². The topological polar surface area (TPSA) is 41.1 Å². The Kier molecular flexibility index (Phi) is 12.6. The molecule has 0 aromatic heterocycles. The lowest BCUT2D eigenvalue weighted by Gasteiger charge is -2.37. The highest BCUT2D eigenvalue weighted by molar-refractivity contribution is 5.85. The predicted molar refractivity (Wildman–Crippen MR) is 143 cm³/mol. The van der Waals surface area contributed by atoms with Gasteiger partial charge in [0.05, 0.1) is 11.9 Å². The van der Waals surface area contributed by atoms with Gasteiger partial charge in [-0.1, -0.05) is 92.5 Å². The second-order valence-electron chi connectivity index (χ2n) is 12.2. The quantitative estimate of drug-likeness (QED) is 0.252. The first-order chi connectivity index (χ1) is 14.5. The summed E-state index contributed by atoms with van der Waals surface area (Å²) < 4.78 is 0. The van der Waals surface area contributed by atoms with Gasteiger partial charge in [0.15, 0.2) is 5.78 Å². The van der Waals surface area contributed by atoms with Crippen LogP contribution in [0.25, 0.3) is 0 Å². The summed E-state index contributed by atoms with van der Waals surface area (Å²) in [4.78, 5) is 13.6. The van der Waals surface area contributed by atoms with Crippen LogP contribution in [0.4, 0.5) is 0 Å². The summed E-state index contributed by atoms with van der Waals surface area (Å²) >= 11 is 0. The number of carbonyl (C=O) groups is 1. The number of hydrogen-bond donors (Lipinski definition) is 2. The Labute approximate surface area is 200 Å². The minimum absolute atomic E-state index is 0.116. The monoisotopic (exact) mass is 446 g/mol. The average Bonchev–Trinajstić information content (AvgIpc) is 2.62. The van der Waals surface area contributed by atoms with Crippen LogP contribution in [0.15, 0.2) is 36.7 Å². The van der Waals surface area contributed by atoms with Gasteiger partial charge >= 0.3 is 0 Å². The Morgan fingerprint density at radius 3 is 1.81 bits per heavy atom. The molecule has 0 saturated heterocycles. The van der Waals surface area contributed by atoms with Gasteiger partial charge in [0, 0.05) is 12.5 Å². The molecular weight excluding hydrogens is 392 g/mol. The fraction of sp³-hybridized carbons (Fsp3) is 0.759. The molecule has 0 heterocycles. The highest BCUT2D eigenvalue weighted by Gasteiger charge is 2.34. The minimum Gasteiger partial charge on any atom is -0.369 e. The van der Waals surface area contributed by atoms with Gasteiger partial charge in [-0.3, -0.25) is 4.79 Å². The van der Waals surface area contributed by atoms with Gasteiger partial charge in [0.1, 0.15) is 0 Å². The zero-order valence-electron chi connectivity index (χ0n) is 23.1. The molecule has 0 aromatic carbocycles. The zero-order valence-corrected chi connectivity index (χ0v) is 23.1. The third kappa shape index (κ3) is 11.4. The molecule has 0 aliphatic carbocycles. The first kappa shape index (κ1) is 30.5. The molecule has 3 heteroatoms. The normalized spacial score (nSPS) is 15.9. The molecule has 0 aliphatic rings. The molecular formula is C29H54N2O. The van der Waals surface area contributed by atoms with E-state index >= 15 is 0 Å². The van der Waals surface area contributed by atoms with E-state index < -0.39 is 0 Å². The Balaban J connectivity index is 5.45. The summed E-state index contributed by atoms with van der Waals surface area (Å²) in [6, 6.07) is 0.00616. The molecule has 0 rings (SSSR count). The first-order valence-corrected chi connectivity index (χ1v) is 12.6. The molecule has 0 aromatic rings. The van der Waals surface area contributed by atoms with E-state index in [1.54, 1.807) is 0 Å². The maximum absolute atomic E-state index is 13.6. The molecule has 0 saturated carbocycles. The van der Waals surface area contributed by atoms with Crippen molar-refractivity contribution >= 4 is 5.78 Å². The minimum atomic E-state index is -0.298. The molecule has 0 spiro atoms. The van der Waals surface area contributed by atoms with Gasteiger partial charge in [0.25, 0.3) is 0 Å². The fourth-order valence-corrected chi connectivity index (χ4v) is 4.33. The Morgan fingerprint density at radius 1 is 0.875 bits per heavy atom. The van der Waals surface area contributed by atoms with Gasteiger partial charge in [0.2, 0.25) is 0 Å². The van der Waals surface area contributed by atoms with Crippen molar-refractivity contribution in [1.29, 1.82) is 0 Å². The van der Waals surface area contributed by atoms with Gasteiger partial charge in [-0.2, -0.15) is 0 Å². The van der Waals surface area contributed by atoms with E-state index in [-0.39, 0.29) is 28.6 Å². The second kappa shape index (κ2) is 13.3. The number of carbonyl (C=O) groups excluding carboxylic acids is 1. The van der Waals surface area contributed by atoms with Crippen molar-refractivity contribution in [2.75, 3.05) is 0 Å². The van der Waals surface area contributed by atoms with E-state index in [1.165, 1.54) is 5.57 Å². The van der Waals surface area contributed by atoms with Crippen molar-refractivity contribution in [3.63, 3.8) is 0 Å². The summed E-state index contributed by atoms with van der Waals surface area (Å²) in [6.45, 7) is 34.2. The summed E-state index contributed by atoms with van der Waals surface area (Å²) in [5.74, 6) is 1.72. The van der Waals surface area contributed by atoms with E-state index in [0.717, 1.165) is 43.5 Å². The molecule has 0 bridgehead atoms. The number of nitrogens with one attached hydrogen (secondary N) is 2. The van der Waals surface area contributed by atoms with Crippen LogP contribution in [0.3, 0.4) is 0 Å². The molecule has 32 heavy (non-hydrogen) atoms. The van der Waals surface area contributed by atoms with Crippen molar-refractivity contribution in [1.82, 2.24) is 10.6 Å². The molecule has 0 radical (unpaired) electrons. The Bertz CT molecular complexity index is 633. The summed E-state index contributed by atoms with van der Waals surface area (Å²) in [7, 11) is 0. The van der Waals surface area contributed by atoms with Crippen LogP contribution in [0.2, 0.25) is 0 Å². The molecule has 4 unspecified atom stereocenters. The van der Waals surface area contributed by atoms with Crippen LogP contribution in [0.5, 0.6) is 0 Å². The van der Waals surface area contributed by atoms with Crippen LogP contribution in [-0.2, 0) is 4.79 Å². The summed E-state index contributed by atoms with van der Waals surface area (Å²) in [6.07, 6.45) is 5.79. The highest BCUT2D eigenvalue weighted by Crippen LogP contribution is 2.31. The van der Waals surface area contributed by atoms with E-state index in [4.69, 9.17) is 0 Å². The van der Waals surface area contributed by atoms with Crippen molar-refractivity contribution in [2.45, 2.75) is 120 Å². The summed E-state index contributed by atoms with van der Waals surface area (Å²) in [5.41, 5.74) is 2.20. The fourth-order valence-electron chi connectivity index (χ4n) is 4.33. The lowest BCUT2D eigenvalue weighted by molar-refractivity contribution is -0.124. The predicted octanol–water partition coefficient (Wildman–Crippen LogP) is 7.80. The first-order valence-electron chi connectivity index (χ1n) is 12.6. The second-order valence-corrected chi connectivity index (χ2v) is 12.2. The van der Waals surface area contributed by atoms with E-state index in [9.17, 15) is 4.79 Å². The van der Waals surface area contributed by atoms with E-state index in [2.05, 4.69) is 99.6 Å². The summed E-state index contributed by atoms with van der Waals surface area (Å²) in [5, 5.41) is 7.03. The van der Waals surface area contributed by atoms with E-state index in [0.29, 0.717) is 18.4 Å². The standard InChI is InChI=1S/C29H54N2O/c1-14-16-26(28(8,9)10)30-22(7)31-27(29(11,12)13)25(32)19-24(21(5)6)18-23(15-2)17-20(3)4/h23-24,26-27,30-31H,3,5,7,14-19H2,1-2,4,6,8-13H3. The maximum atomic E-state index is 13.6. The SMILES string of the molecule is C=C(C)CC(CC)CC(CC(=O)C(NC(=C)NC(CCC)C(C)(C)C)C(C)(C)C)C(=C)C. The number of hydrogen-bond acceptors (Lipinski definition) is 3. The molecule has 186 valence electrons. The Morgan fingerprint density at radius 2 is 1.44 bits per heavy atom. The molecule has 0 fully saturated rings. The van der Waals surface area contributed by atoms with E-state index in [1.807, 2.05) is 0 Å². The number of allylic oxidation sites excluding steroid dienone is 2. The third-order valence-corrected chi connectivity index (χ3v) is 6.45. The van der Waals surface area contributed by atoms with Gasteiger partial charge < -0.3 is 10.6 Å². The number of Topliss-reactive ketones (excluding diaryl/α,β-unsaturated/α-hetero) is 1. The average molecular weight is 447 g/mol. The lowest BCUT2D eigenvalue weighted by atomic mass is 9.77.